The summed E-state index contributed by atoms with van der Waals surface area (Å²) in [6.45, 7) is 5.91. The minimum atomic E-state index is -0.393. The van der Waals surface area contributed by atoms with Gasteiger partial charge in [-0.1, -0.05) is 38.1 Å². The zero-order valence-corrected chi connectivity index (χ0v) is 17.8. The number of amides is 2. The number of rotatable bonds is 5. The number of nitrogens with zero attached hydrogens (tertiary/aromatic N) is 2. The molecule has 2 aliphatic rings. The largest absolute Gasteiger partial charge is 0.366 e. The number of likely N-dealkylation sites (tertiary alicyclic amines) is 1. The Kier molecular flexibility index (Phi) is 5.90. The van der Waals surface area contributed by atoms with Crippen LogP contribution in [0.2, 0.25) is 0 Å². The Morgan fingerprint density at radius 3 is 1.97 bits per heavy atom. The number of piperidine rings is 1. The first-order chi connectivity index (χ1) is 14.8. The van der Waals surface area contributed by atoms with Crippen molar-refractivity contribution in [3.63, 3.8) is 0 Å². The molecule has 162 valence electrons. The molecule has 2 heterocycles. The highest BCUT2D eigenvalue weighted by molar-refractivity contribution is 6.35. The van der Waals surface area contributed by atoms with E-state index in [0.29, 0.717) is 48.2 Å². The first kappa shape index (κ1) is 21.2. The van der Waals surface area contributed by atoms with E-state index in [0.717, 1.165) is 12.0 Å². The van der Waals surface area contributed by atoms with Crippen LogP contribution in [0.25, 0.3) is 5.57 Å². The molecule has 0 saturated carbocycles. The number of benzene rings is 2. The molecule has 2 aliphatic heterocycles. The van der Waals surface area contributed by atoms with Gasteiger partial charge in [0.25, 0.3) is 11.8 Å². The van der Waals surface area contributed by atoms with Gasteiger partial charge in [-0.2, -0.15) is 0 Å². The molecule has 2 aromatic carbocycles. The molecule has 0 aliphatic carbocycles. The van der Waals surface area contributed by atoms with E-state index in [9.17, 15) is 18.4 Å². The zero-order valence-electron chi connectivity index (χ0n) is 17.8. The van der Waals surface area contributed by atoms with Gasteiger partial charge in [0.15, 0.2) is 0 Å². The van der Waals surface area contributed by atoms with E-state index >= 15 is 0 Å². The molecule has 0 aromatic heterocycles. The third kappa shape index (κ3) is 4.38. The van der Waals surface area contributed by atoms with Crippen molar-refractivity contribution in [2.24, 2.45) is 11.8 Å². The average molecular weight is 424 g/mol. The summed E-state index contributed by atoms with van der Waals surface area (Å²) >= 11 is 0. The molecule has 1 saturated heterocycles. The van der Waals surface area contributed by atoms with Crippen molar-refractivity contribution < 1.29 is 18.4 Å². The Labute approximate surface area is 181 Å². The predicted octanol–water partition coefficient (Wildman–Crippen LogP) is 4.27. The minimum absolute atomic E-state index is 0.205. The molecule has 2 amide bonds. The molecule has 31 heavy (non-hydrogen) atoms. The maximum atomic E-state index is 13.5. The summed E-state index contributed by atoms with van der Waals surface area (Å²) in [6.07, 6.45) is 1.51. The second-order valence-electron chi connectivity index (χ2n) is 8.72. The van der Waals surface area contributed by atoms with Crippen LogP contribution < -0.4 is 0 Å². The summed E-state index contributed by atoms with van der Waals surface area (Å²) in [6, 6.07) is 11.8. The van der Waals surface area contributed by atoms with Gasteiger partial charge in [0.1, 0.15) is 17.3 Å². The van der Waals surface area contributed by atoms with E-state index in [1.807, 2.05) is 4.90 Å². The summed E-state index contributed by atoms with van der Waals surface area (Å²) < 4.78 is 26.7. The Morgan fingerprint density at radius 2 is 1.39 bits per heavy atom. The molecule has 0 spiro atoms. The Hall–Kier alpha value is -3.02. The van der Waals surface area contributed by atoms with Crippen LogP contribution >= 0.6 is 0 Å². The first-order valence-corrected chi connectivity index (χ1v) is 10.7. The van der Waals surface area contributed by atoms with Gasteiger partial charge in [0, 0.05) is 19.6 Å². The molecule has 1 fully saturated rings. The molecule has 4 nitrogen and oxygen atoms in total. The van der Waals surface area contributed by atoms with Gasteiger partial charge in [-0.25, -0.2) is 8.78 Å². The minimum Gasteiger partial charge on any atom is -0.366 e. The summed E-state index contributed by atoms with van der Waals surface area (Å²) in [5, 5.41) is 0. The SMILES string of the molecule is CC1CC(C)CN(C2=C(c3ccc(F)cc3)C(=O)N(CCc3ccc(F)cc3)C2=O)C1. The van der Waals surface area contributed by atoms with Crippen molar-refractivity contribution in [3.05, 3.63) is 77.0 Å². The molecular weight excluding hydrogens is 398 g/mol. The molecule has 0 bridgehead atoms. The molecular formula is C25H26F2N2O2. The molecule has 4 rings (SSSR count). The van der Waals surface area contributed by atoms with Crippen LogP contribution in [0.4, 0.5) is 8.78 Å². The van der Waals surface area contributed by atoms with Crippen LogP contribution in [0.1, 0.15) is 31.4 Å². The molecule has 0 radical (unpaired) electrons. The van der Waals surface area contributed by atoms with Gasteiger partial charge in [-0.3, -0.25) is 14.5 Å². The van der Waals surface area contributed by atoms with Crippen LogP contribution in [-0.4, -0.2) is 41.2 Å². The second-order valence-corrected chi connectivity index (χ2v) is 8.72. The molecule has 2 unspecified atom stereocenters. The van der Waals surface area contributed by atoms with Crippen LogP contribution in [0.3, 0.4) is 0 Å². The van der Waals surface area contributed by atoms with Crippen molar-refractivity contribution in [2.45, 2.75) is 26.7 Å². The van der Waals surface area contributed by atoms with E-state index in [-0.39, 0.29) is 24.2 Å². The fraction of sp³-hybridized carbons (Fsp3) is 0.360. The lowest BCUT2D eigenvalue weighted by Gasteiger charge is -2.37. The molecule has 2 atom stereocenters. The Balaban J connectivity index is 1.66. The third-order valence-corrected chi connectivity index (χ3v) is 6.00. The summed E-state index contributed by atoms with van der Waals surface area (Å²) in [5.74, 6) is -0.583. The number of carbonyl (C=O) groups excluding carboxylic acids is 2. The maximum absolute atomic E-state index is 13.5. The van der Waals surface area contributed by atoms with Crippen LogP contribution in [0.5, 0.6) is 0 Å². The van der Waals surface area contributed by atoms with Crippen molar-refractivity contribution in [2.75, 3.05) is 19.6 Å². The van der Waals surface area contributed by atoms with Gasteiger partial charge in [-0.05, 0) is 60.1 Å². The van der Waals surface area contributed by atoms with E-state index in [1.54, 1.807) is 24.3 Å². The predicted molar refractivity (Wildman–Crippen MR) is 115 cm³/mol. The van der Waals surface area contributed by atoms with Gasteiger partial charge in [0.2, 0.25) is 0 Å². The standard InChI is InChI=1S/C25H26F2N2O2/c1-16-13-17(2)15-28(14-16)23-22(19-5-9-21(27)10-6-19)24(30)29(25(23)31)12-11-18-3-7-20(26)8-4-18/h3-10,16-17H,11-15H2,1-2H3. The van der Waals surface area contributed by atoms with E-state index < -0.39 is 5.82 Å². The monoisotopic (exact) mass is 424 g/mol. The number of hydrogen-bond donors (Lipinski definition) is 0. The summed E-state index contributed by atoms with van der Waals surface area (Å²) in [5.41, 5.74) is 2.14. The van der Waals surface area contributed by atoms with Crippen molar-refractivity contribution in [1.82, 2.24) is 9.80 Å². The normalized spacial score (nSPS) is 21.9. The van der Waals surface area contributed by atoms with Crippen molar-refractivity contribution in [1.29, 1.82) is 0 Å². The fourth-order valence-electron chi connectivity index (χ4n) is 4.67. The van der Waals surface area contributed by atoms with Crippen LogP contribution in [-0.2, 0) is 16.0 Å². The lowest BCUT2D eigenvalue weighted by molar-refractivity contribution is -0.137. The number of imide groups is 1. The van der Waals surface area contributed by atoms with E-state index in [2.05, 4.69) is 13.8 Å². The topological polar surface area (TPSA) is 40.6 Å². The van der Waals surface area contributed by atoms with Gasteiger partial charge in [0.05, 0.1) is 5.57 Å². The maximum Gasteiger partial charge on any atom is 0.277 e. The number of hydrogen-bond acceptors (Lipinski definition) is 3. The highest BCUT2D eigenvalue weighted by atomic mass is 19.1. The quantitative estimate of drug-likeness (QED) is 0.674. The average Bonchev–Trinajstić information content (AvgIpc) is 2.97. The number of carbonyl (C=O) groups is 2. The molecule has 6 heteroatoms. The first-order valence-electron chi connectivity index (χ1n) is 10.7. The smallest absolute Gasteiger partial charge is 0.277 e. The highest BCUT2D eigenvalue weighted by Crippen LogP contribution is 2.35. The van der Waals surface area contributed by atoms with Gasteiger partial charge in [-0.15, -0.1) is 0 Å². The third-order valence-electron chi connectivity index (χ3n) is 6.00. The lowest BCUT2D eigenvalue weighted by Crippen LogP contribution is -2.42. The van der Waals surface area contributed by atoms with Gasteiger partial charge < -0.3 is 4.90 Å². The summed E-state index contributed by atoms with van der Waals surface area (Å²) in [7, 11) is 0. The molecule has 0 N–H and O–H groups in total. The Morgan fingerprint density at radius 1 is 0.839 bits per heavy atom. The Bertz CT molecular complexity index is 1000. The highest BCUT2D eigenvalue weighted by Gasteiger charge is 2.42. The summed E-state index contributed by atoms with van der Waals surface area (Å²) in [4.78, 5) is 30.1. The number of halogens is 2. The van der Waals surface area contributed by atoms with Crippen molar-refractivity contribution in [3.8, 4) is 0 Å². The lowest BCUT2D eigenvalue weighted by atomic mass is 9.91. The van der Waals surface area contributed by atoms with Crippen LogP contribution in [0, 0.1) is 23.5 Å². The zero-order chi connectivity index (χ0) is 22.1. The van der Waals surface area contributed by atoms with E-state index in [1.165, 1.54) is 29.2 Å². The van der Waals surface area contributed by atoms with Crippen molar-refractivity contribution >= 4 is 17.4 Å². The fourth-order valence-corrected chi connectivity index (χ4v) is 4.67. The van der Waals surface area contributed by atoms with E-state index in [4.69, 9.17) is 0 Å². The molecule has 2 aromatic rings. The second kappa shape index (κ2) is 8.61. The van der Waals surface area contributed by atoms with Gasteiger partial charge >= 0.3 is 0 Å². The van der Waals surface area contributed by atoms with Crippen LogP contribution in [0.15, 0.2) is 54.2 Å².